The highest BCUT2D eigenvalue weighted by molar-refractivity contribution is 7.14. The fourth-order valence-electron chi connectivity index (χ4n) is 2.58. The Labute approximate surface area is 138 Å². The van der Waals surface area contributed by atoms with Gasteiger partial charge in [-0.2, -0.15) is 10.4 Å². The number of rotatable bonds is 5. The first kappa shape index (κ1) is 15.6. The van der Waals surface area contributed by atoms with Gasteiger partial charge in [-0.15, -0.1) is 11.3 Å². The van der Waals surface area contributed by atoms with Crippen molar-refractivity contribution in [3.05, 3.63) is 28.7 Å². The molecule has 0 radical (unpaired) electrons. The number of fused-ring (bicyclic) bond motifs is 1. The van der Waals surface area contributed by atoms with Crippen molar-refractivity contribution >= 4 is 22.2 Å². The third-order valence-corrected chi connectivity index (χ3v) is 4.64. The lowest BCUT2D eigenvalue weighted by Crippen LogP contribution is -2.41. The van der Waals surface area contributed by atoms with Gasteiger partial charge in [-0.1, -0.05) is 6.92 Å². The van der Waals surface area contributed by atoms with Crippen LogP contribution in [0.1, 0.15) is 30.6 Å². The van der Waals surface area contributed by atoms with Gasteiger partial charge in [-0.05, 0) is 17.9 Å². The molecule has 1 unspecified atom stereocenters. The van der Waals surface area contributed by atoms with Crippen molar-refractivity contribution in [1.82, 2.24) is 20.1 Å². The number of hydrogen-bond acceptors (Lipinski definition) is 6. The molecule has 2 aromatic heterocycles. The van der Waals surface area contributed by atoms with Crippen LogP contribution < -0.4 is 10.6 Å². The van der Waals surface area contributed by atoms with Gasteiger partial charge in [0.1, 0.15) is 16.9 Å². The van der Waals surface area contributed by atoms with Crippen LogP contribution in [0, 0.1) is 11.3 Å². The molecule has 23 heavy (non-hydrogen) atoms. The molecule has 0 saturated heterocycles. The van der Waals surface area contributed by atoms with Crippen LogP contribution in [0.2, 0.25) is 0 Å². The number of nitriles is 1. The molecule has 0 fully saturated rings. The van der Waals surface area contributed by atoms with Gasteiger partial charge in [0.05, 0.1) is 18.7 Å². The smallest absolute Gasteiger partial charge is 0.238 e. The number of hydrogen-bond donors (Lipinski definition) is 2. The monoisotopic (exact) mass is 330 g/mol. The normalized spacial score (nSPS) is 16.6. The average Bonchev–Trinajstić information content (AvgIpc) is 3.18. The lowest BCUT2D eigenvalue weighted by Gasteiger charge is -2.23. The minimum Gasteiger partial charge on any atom is -0.315 e. The van der Waals surface area contributed by atoms with E-state index >= 15 is 0 Å². The molecule has 1 aliphatic rings. The van der Waals surface area contributed by atoms with Gasteiger partial charge < -0.3 is 10.6 Å². The van der Waals surface area contributed by atoms with Gasteiger partial charge in [-0.25, -0.2) is 9.67 Å². The second kappa shape index (κ2) is 6.89. The molecular formula is C15H18N6OS. The van der Waals surface area contributed by atoms with Gasteiger partial charge in [0.25, 0.3) is 0 Å². The zero-order chi connectivity index (χ0) is 16.2. The number of aryl methyl sites for hydroxylation is 2. The van der Waals surface area contributed by atoms with Crippen LogP contribution in [-0.2, 0) is 24.2 Å². The highest BCUT2D eigenvalue weighted by atomic mass is 32.1. The van der Waals surface area contributed by atoms with Gasteiger partial charge >= 0.3 is 0 Å². The highest BCUT2D eigenvalue weighted by Gasteiger charge is 2.21. The molecule has 0 spiro atoms. The number of aromatic nitrogens is 3. The van der Waals surface area contributed by atoms with E-state index < -0.39 is 0 Å². The second-order valence-electron chi connectivity index (χ2n) is 5.42. The maximum absolute atomic E-state index is 12.0. The molecule has 0 saturated carbocycles. The molecule has 3 rings (SSSR count). The van der Waals surface area contributed by atoms with E-state index in [1.807, 2.05) is 11.6 Å². The third-order valence-electron chi connectivity index (χ3n) is 3.81. The largest absolute Gasteiger partial charge is 0.315 e. The summed E-state index contributed by atoms with van der Waals surface area (Å²) >= 11 is 1.36. The Balaban J connectivity index is 1.51. The van der Waals surface area contributed by atoms with Gasteiger partial charge in [-0.3, -0.25) is 4.79 Å². The molecule has 3 heterocycles. The Hall–Kier alpha value is -2.24. The molecule has 1 atom stereocenters. The SMILES string of the molecule is CCc1nc2n(n1)CC(NCC(=O)Nc1sccc1C#N)CC2. The van der Waals surface area contributed by atoms with Crippen molar-refractivity contribution in [2.24, 2.45) is 0 Å². The third kappa shape index (κ3) is 3.57. The quantitative estimate of drug-likeness (QED) is 0.862. The number of carbonyl (C=O) groups is 1. The van der Waals surface area contributed by atoms with Crippen molar-refractivity contribution in [3.8, 4) is 6.07 Å². The van der Waals surface area contributed by atoms with Crippen LogP contribution in [-0.4, -0.2) is 33.3 Å². The van der Waals surface area contributed by atoms with Gasteiger partial charge in [0.2, 0.25) is 5.91 Å². The molecule has 1 aliphatic heterocycles. The summed E-state index contributed by atoms with van der Waals surface area (Å²) in [6.45, 7) is 3.00. The zero-order valence-corrected chi connectivity index (χ0v) is 13.7. The van der Waals surface area contributed by atoms with Crippen LogP contribution in [0.15, 0.2) is 11.4 Å². The Morgan fingerprint density at radius 1 is 1.61 bits per heavy atom. The number of nitrogens with zero attached hydrogens (tertiary/aromatic N) is 4. The topological polar surface area (TPSA) is 95.6 Å². The number of carbonyl (C=O) groups excluding carboxylic acids is 1. The Morgan fingerprint density at radius 3 is 3.26 bits per heavy atom. The Morgan fingerprint density at radius 2 is 2.48 bits per heavy atom. The fourth-order valence-corrected chi connectivity index (χ4v) is 3.33. The standard InChI is InChI=1S/C15H18N6OS/c1-2-12-18-13-4-3-11(9-21(13)20-12)17-8-14(22)19-15-10(7-16)5-6-23-15/h5-6,11,17H,2-4,8-9H2,1H3,(H,19,22). The van der Waals surface area contributed by atoms with Crippen molar-refractivity contribution in [3.63, 3.8) is 0 Å². The van der Waals surface area contributed by atoms with E-state index in [2.05, 4.69) is 26.8 Å². The molecule has 1 amide bonds. The van der Waals surface area contributed by atoms with Crippen LogP contribution in [0.4, 0.5) is 5.00 Å². The van der Waals surface area contributed by atoms with Crippen LogP contribution in [0.5, 0.6) is 0 Å². The maximum atomic E-state index is 12.0. The lowest BCUT2D eigenvalue weighted by atomic mass is 10.1. The molecular weight excluding hydrogens is 312 g/mol. The summed E-state index contributed by atoms with van der Waals surface area (Å²) in [6.07, 6.45) is 2.65. The lowest BCUT2D eigenvalue weighted by molar-refractivity contribution is -0.115. The van der Waals surface area contributed by atoms with E-state index in [1.54, 1.807) is 11.4 Å². The second-order valence-corrected chi connectivity index (χ2v) is 6.34. The molecule has 0 aliphatic carbocycles. The Bertz CT molecular complexity index is 743. The Kier molecular flexibility index (Phi) is 4.69. The van der Waals surface area contributed by atoms with Crippen molar-refractivity contribution < 1.29 is 4.79 Å². The highest BCUT2D eigenvalue weighted by Crippen LogP contribution is 2.21. The van der Waals surface area contributed by atoms with Gasteiger partial charge in [0, 0.05) is 18.9 Å². The summed E-state index contributed by atoms with van der Waals surface area (Å²) in [5, 5.41) is 21.8. The number of thiophene rings is 1. The maximum Gasteiger partial charge on any atom is 0.238 e. The molecule has 2 N–H and O–H groups in total. The van der Waals surface area contributed by atoms with Crippen molar-refractivity contribution in [2.75, 3.05) is 11.9 Å². The van der Waals surface area contributed by atoms with Crippen LogP contribution >= 0.6 is 11.3 Å². The molecule has 7 nitrogen and oxygen atoms in total. The van der Waals surface area contributed by atoms with E-state index in [1.165, 1.54) is 11.3 Å². The summed E-state index contributed by atoms with van der Waals surface area (Å²) in [6, 6.07) is 3.97. The summed E-state index contributed by atoms with van der Waals surface area (Å²) in [7, 11) is 0. The average molecular weight is 330 g/mol. The molecule has 8 heteroatoms. The predicted octanol–water partition coefficient (Wildman–Crippen LogP) is 1.32. The summed E-state index contributed by atoms with van der Waals surface area (Å²) in [4.78, 5) is 16.5. The molecule has 2 aromatic rings. The molecule has 0 aromatic carbocycles. The van der Waals surface area contributed by atoms with Crippen LogP contribution in [0.25, 0.3) is 0 Å². The van der Waals surface area contributed by atoms with E-state index in [0.29, 0.717) is 10.6 Å². The van der Waals surface area contributed by atoms with Crippen LogP contribution in [0.3, 0.4) is 0 Å². The number of amides is 1. The van der Waals surface area contributed by atoms with E-state index in [4.69, 9.17) is 5.26 Å². The minimum atomic E-state index is -0.136. The summed E-state index contributed by atoms with van der Waals surface area (Å²) in [5.74, 6) is 1.77. The first-order chi connectivity index (χ1) is 11.2. The first-order valence-corrected chi connectivity index (χ1v) is 8.51. The zero-order valence-electron chi connectivity index (χ0n) is 12.9. The van der Waals surface area contributed by atoms with E-state index in [0.717, 1.165) is 37.5 Å². The fraction of sp³-hybridized carbons (Fsp3) is 0.467. The van der Waals surface area contributed by atoms with Crippen molar-refractivity contribution in [1.29, 1.82) is 5.26 Å². The summed E-state index contributed by atoms with van der Waals surface area (Å²) in [5.41, 5.74) is 0.500. The van der Waals surface area contributed by atoms with E-state index in [-0.39, 0.29) is 18.5 Å². The number of anilines is 1. The predicted molar refractivity (Wildman–Crippen MR) is 87.2 cm³/mol. The molecule has 120 valence electrons. The van der Waals surface area contributed by atoms with Gasteiger partial charge in [0.15, 0.2) is 5.82 Å². The number of nitrogens with one attached hydrogen (secondary N) is 2. The molecule has 0 bridgehead atoms. The summed E-state index contributed by atoms with van der Waals surface area (Å²) < 4.78 is 1.94. The first-order valence-electron chi connectivity index (χ1n) is 7.63. The van der Waals surface area contributed by atoms with Crippen molar-refractivity contribution in [2.45, 2.75) is 38.8 Å². The van der Waals surface area contributed by atoms with E-state index in [9.17, 15) is 4.79 Å². The minimum absolute atomic E-state index is 0.136.